The largest absolute Gasteiger partial charge is 0.495 e. The van der Waals surface area contributed by atoms with Crippen LogP contribution in [0.3, 0.4) is 0 Å². The summed E-state index contributed by atoms with van der Waals surface area (Å²) in [6, 6.07) is 24.8. The molecule has 1 heterocycles. The van der Waals surface area contributed by atoms with Gasteiger partial charge < -0.3 is 18.6 Å². The first-order valence-corrected chi connectivity index (χ1v) is 11.5. The smallest absolute Gasteiger partial charge is 0.347 e. The molecule has 176 valence electrons. The second kappa shape index (κ2) is 9.72. The fourth-order valence-electron chi connectivity index (χ4n) is 4.12. The van der Waals surface area contributed by atoms with Gasteiger partial charge in [-0.25, -0.2) is 4.79 Å². The normalized spacial score (nSPS) is 11.1. The van der Waals surface area contributed by atoms with Crippen LogP contribution in [-0.4, -0.2) is 7.11 Å². The van der Waals surface area contributed by atoms with Gasteiger partial charge in [-0.3, -0.25) is 0 Å². The third-order valence-corrected chi connectivity index (χ3v) is 6.36. The number of ether oxygens (including phenoxy) is 3. The Bertz CT molecular complexity index is 1560. The third kappa shape index (κ3) is 4.55. The Labute approximate surface area is 207 Å². The summed E-state index contributed by atoms with van der Waals surface area (Å²) in [6.45, 7) is 2.53. The number of fused-ring (bicyclic) bond motifs is 3. The second-order valence-corrected chi connectivity index (χ2v) is 8.55. The summed E-state index contributed by atoms with van der Waals surface area (Å²) in [5.74, 6) is 1.40. The van der Waals surface area contributed by atoms with E-state index in [-0.39, 0.29) is 6.61 Å². The van der Waals surface area contributed by atoms with Crippen molar-refractivity contribution < 1.29 is 18.6 Å². The van der Waals surface area contributed by atoms with Crippen LogP contribution in [0.15, 0.2) is 88.1 Å². The molecule has 0 aliphatic carbocycles. The van der Waals surface area contributed by atoms with E-state index in [0.29, 0.717) is 50.6 Å². The van der Waals surface area contributed by atoms with E-state index in [2.05, 4.69) is 0 Å². The molecule has 5 aromatic rings. The molecule has 1 aromatic heterocycles. The quantitative estimate of drug-likeness (QED) is 0.182. The van der Waals surface area contributed by atoms with Crippen molar-refractivity contribution in [1.82, 2.24) is 0 Å². The summed E-state index contributed by atoms with van der Waals surface area (Å²) in [5, 5.41) is 2.15. The van der Waals surface area contributed by atoms with E-state index >= 15 is 0 Å². The Hall–Kier alpha value is -3.96. The van der Waals surface area contributed by atoms with Crippen molar-refractivity contribution in [3.05, 3.63) is 111 Å². The Morgan fingerprint density at radius 2 is 1.43 bits per heavy atom. The van der Waals surface area contributed by atoms with Gasteiger partial charge in [-0.05, 0) is 29.7 Å². The van der Waals surface area contributed by atoms with E-state index in [1.807, 2.05) is 73.7 Å². The van der Waals surface area contributed by atoms with Gasteiger partial charge in [0.05, 0.1) is 12.1 Å². The highest BCUT2D eigenvalue weighted by Gasteiger charge is 2.20. The number of hydrogen-bond donors (Lipinski definition) is 0. The number of hydrogen-bond acceptors (Lipinski definition) is 5. The summed E-state index contributed by atoms with van der Waals surface area (Å²) in [7, 11) is 1.52. The van der Waals surface area contributed by atoms with Crippen LogP contribution in [-0.2, 0) is 13.2 Å². The average Bonchev–Trinajstić information content (AvgIpc) is 2.89. The van der Waals surface area contributed by atoms with Crippen LogP contribution < -0.4 is 19.8 Å². The lowest BCUT2D eigenvalue weighted by atomic mass is 10.0. The molecule has 0 spiro atoms. The molecule has 0 aliphatic heterocycles. The standard InChI is InChI=1S/C29H23ClO5/c1-18-26-22-13-21(33-16-19-9-5-3-6-10-19)14-23(34-17-20-11-7-4-8-12-20)27(22)29(31)35-24(26)15-25(32-2)28(18)30/h3-15H,16-17H2,1-2H3. The zero-order chi connectivity index (χ0) is 24.4. The van der Waals surface area contributed by atoms with Gasteiger partial charge in [-0.2, -0.15) is 0 Å². The molecule has 0 saturated heterocycles. The van der Waals surface area contributed by atoms with Crippen molar-refractivity contribution in [1.29, 1.82) is 0 Å². The van der Waals surface area contributed by atoms with E-state index in [0.717, 1.165) is 16.7 Å². The van der Waals surface area contributed by atoms with Crippen LogP contribution in [0.2, 0.25) is 5.02 Å². The first-order chi connectivity index (χ1) is 17.0. The van der Waals surface area contributed by atoms with Crippen LogP contribution in [0.5, 0.6) is 17.2 Å². The summed E-state index contributed by atoms with van der Waals surface area (Å²) in [6.07, 6.45) is 0. The predicted molar refractivity (Wildman–Crippen MR) is 138 cm³/mol. The van der Waals surface area contributed by atoms with Crippen molar-refractivity contribution in [3.8, 4) is 17.2 Å². The van der Waals surface area contributed by atoms with Crippen LogP contribution in [0.25, 0.3) is 21.7 Å². The van der Waals surface area contributed by atoms with Crippen molar-refractivity contribution in [2.45, 2.75) is 20.1 Å². The maximum atomic E-state index is 13.2. The molecule has 0 saturated carbocycles. The van der Waals surface area contributed by atoms with Crippen molar-refractivity contribution in [3.63, 3.8) is 0 Å². The van der Waals surface area contributed by atoms with Crippen molar-refractivity contribution >= 4 is 33.3 Å². The topological polar surface area (TPSA) is 57.9 Å². The summed E-state index contributed by atoms with van der Waals surface area (Å²) in [5.41, 5.74) is 2.62. The van der Waals surface area contributed by atoms with E-state index in [1.165, 1.54) is 7.11 Å². The Balaban J connectivity index is 1.68. The van der Waals surface area contributed by atoms with Gasteiger partial charge in [0.25, 0.3) is 0 Å². The first-order valence-electron chi connectivity index (χ1n) is 11.2. The summed E-state index contributed by atoms with van der Waals surface area (Å²) >= 11 is 6.57. The zero-order valence-corrected chi connectivity index (χ0v) is 20.1. The van der Waals surface area contributed by atoms with Gasteiger partial charge in [0.2, 0.25) is 0 Å². The minimum absolute atomic E-state index is 0.290. The number of benzene rings is 4. The SMILES string of the molecule is COc1cc2oc(=O)c3c(OCc4ccccc4)cc(OCc4ccccc4)cc3c2c(C)c1Cl. The molecule has 0 unspecified atom stereocenters. The molecule has 0 amide bonds. The average molecular weight is 487 g/mol. The molecule has 0 bridgehead atoms. The van der Waals surface area contributed by atoms with Crippen LogP contribution >= 0.6 is 11.6 Å². The van der Waals surface area contributed by atoms with Gasteiger partial charge in [0.1, 0.15) is 41.4 Å². The fraction of sp³-hybridized carbons (Fsp3) is 0.138. The first kappa shape index (κ1) is 22.8. The molecule has 0 fully saturated rings. The molecule has 0 atom stereocenters. The van der Waals surface area contributed by atoms with Gasteiger partial charge in [0.15, 0.2) is 0 Å². The minimum Gasteiger partial charge on any atom is -0.495 e. The molecular weight excluding hydrogens is 464 g/mol. The third-order valence-electron chi connectivity index (χ3n) is 5.89. The molecule has 4 aromatic carbocycles. The molecule has 0 aliphatic rings. The number of aryl methyl sites for hydroxylation is 1. The van der Waals surface area contributed by atoms with E-state index < -0.39 is 5.63 Å². The molecular formula is C29H23ClO5. The predicted octanol–water partition coefficient (Wildman–Crippen LogP) is 7.07. The second-order valence-electron chi connectivity index (χ2n) is 8.17. The summed E-state index contributed by atoms with van der Waals surface area (Å²) < 4.78 is 23.3. The maximum absolute atomic E-state index is 13.2. The highest BCUT2D eigenvalue weighted by atomic mass is 35.5. The highest BCUT2D eigenvalue weighted by Crippen LogP contribution is 2.40. The van der Waals surface area contributed by atoms with E-state index in [1.54, 1.807) is 12.1 Å². The molecule has 6 heteroatoms. The Kier molecular flexibility index (Phi) is 6.34. The number of halogens is 1. The molecule has 0 N–H and O–H groups in total. The van der Waals surface area contributed by atoms with Gasteiger partial charge in [0, 0.05) is 22.9 Å². The number of rotatable bonds is 7. The monoisotopic (exact) mass is 486 g/mol. The molecule has 5 rings (SSSR count). The summed E-state index contributed by atoms with van der Waals surface area (Å²) in [4.78, 5) is 13.2. The van der Waals surface area contributed by atoms with Crippen molar-refractivity contribution in [2.75, 3.05) is 7.11 Å². The molecule has 0 radical (unpaired) electrons. The van der Waals surface area contributed by atoms with Crippen LogP contribution in [0, 0.1) is 6.92 Å². The van der Waals surface area contributed by atoms with Crippen LogP contribution in [0.1, 0.15) is 16.7 Å². The van der Waals surface area contributed by atoms with E-state index in [4.69, 9.17) is 30.2 Å². The molecule has 5 nitrogen and oxygen atoms in total. The fourth-order valence-corrected chi connectivity index (χ4v) is 4.35. The Morgan fingerprint density at radius 3 is 2.06 bits per heavy atom. The highest BCUT2D eigenvalue weighted by molar-refractivity contribution is 6.34. The van der Waals surface area contributed by atoms with Crippen molar-refractivity contribution in [2.24, 2.45) is 0 Å². The number of methoxy groups -OCH3 is 1. The van der Waals surface area contributed by atoms with Gasteiger partial charge in [-0.15, -0.1) is 0 Å². The maximum Gasteiger partial charge on any atom is 0.347 e. The van der Waals surface area contributed by atoms with Gasteiger partial charge >= 0.3 is 5.63 Å². The zero-order valence-electron chi connectivity index (χ0n) is 19.3. The van der Waals surface area contributed by atoms with Gasteiger partial charge in [-0.1, -0.05) is 72.3 Å². The lowest BCUT2D eigenvalue weighted by Crippen LogP contribution is -2.06. The lowest BCUT2D eigenvalue weighted by molar-refractivity contribution is 0.292. The Morgan fingerprint density at radius 1 is 0.800 bits per heavy atom. The minimum atomic E-state index is -0.506. The van der Waals surface area contributed by atoms with E-state index in [9.17, 15) is 4.79 Å². The molecule has 35 heavy (non-hydrogen) atoms. The van der Waals surface area contributed by atoms with Crippen LogP contribution in [0.4, 0.5) is 0 Å². The lowest BCUT2D eigenvalue weighted by Gasteiger charge is -2.15.